The Labute approximate surface area is 106 Å². The van der Waals surface area contributed by atoms with Gasteiger partial charge < -0.3 is 4.74 Å². The molecule has 2 rings (SSSR count). The second kappa shape index (κ2) is 4.81. The maximum atomic E-state index is 5.88. The molecule has 76 valence electrons. The van der Waals surface area contributed by atoms with Gasteiger partial charge in [0, 0.05) is 23.4 Å². The van der Waals surface area contributed by atoms with Gasteiger partial charge in [-0.05, 0) is 40.8 Å². The van der Waals surface area contributed by atoms with Crippen LogP contribution in [0.5, 0.6) is 11.6 Å². The third-order valence-corrected chi connectivity index (χ3v) is 2.87. The highest BCUT2D eigenvalue weighted by atomic mass is 127. The highest BCUT2D eigenvalue weighted by Gasteiger charge is 2.03. The molecule has 0 saturated heterocycles. The van der Waals surface area contributed by atoms with E-state index >= 15 is 0 Å². The molecule has 0 aliphatic heterocycles. The Morgan fingerprint density at radius 1 is 1.20 bits per heavy atom. The number of hydrogen-bond acceptors (Lipinski definition) is 2. The molecule has 2 aromatic rings. The fraction of sp³-hybridized carbons (Fsp3) is 0. The zero-order valence-electron chi connectivity index (χ0n) is 7.65. The van der Waals surface area contributed by atoms with Crippen molar-refractivity contribution in [3.8, 4) is 11.6 Å². The molecule has 1 heterocycles. The van der Waals surface area contributed by atoms with Crippen LogP contribution in [0.1, 0.15) is 0 Å². The number of aromatic nitrogens is 1. The topological polar surface area (TPSA) is 22.1 Å². The Bertz CT molecular complexity index is 461. The molecule has 0 aliphatic carbocycles. The average Bonchev–Trinajstić information content (AvgIpc) is 2.25. The monoisotopic (exact) mass is 331 g/mol. The summed E-state index contributed by atoms with van der Waals surface area (Å²) in [5, 5.41) is 0.654. The van der Waals surface area contributed by atoms with E-state index in [9.17, 15) is 0 Å². The van der Waals surface area contributed by atoms with E-state index in [2.05, 4.69) is 27.6 Å². The molecule has 0 bridgehead atoms. The molecule has 2 nitrogen and oxygen atoms in total. The molecular weight excluding hydrogens is 324 g/mol. The minimum atomic E-state index is 0.567. The summed E-state index contributed by atoms with van der Waals surface area (Å²) in [4.78, 5) is 4.08. The van der Waals surface area contributed by atoms with Crippen LogP contribution in [0.15, 0.2) is 42.6 Å². The van der Waals surface area contributed by atoms with Crippen LogP contribution in [0.2, 0.25) is 5.02 Å². The molecule has 15 heavy (non-hydrogen) atoms. The number of hydrogen-bond donors (Lipinski definition) is 0. The lowest BCUT2D eigenvalue weighted by atomic mass is 10.3. The minimum absolute atomic E-state index is 0.567. The van der Waals surface area contributed by atoms with Crippen molar-refractivity contribution in [2.45, 2.75) is 0 Å². The van der Waals surface area contributed by atoms with Crippen LogP contribution < -0.4 is 4.74 Å². The van der Waals surface area contributed by atoms with Gasteiger partial charge in [0.1, 0.15) is 5.75 Å². The van der Waals surface area contributed by atoms with E-state index in [0.717, 1.165) is 9.32 Å². The van der Waals surface area contributed by atoms with Gasteiger partial charge in [-0.1, -0.05) is 17.7 Å². The first kappa shape index (κ1) is 10.7. The quantitative estimate of drug-likeness (QED) is 0.772. The van der Waals surface area contributed by atoms with Crippen LogP contribution in [0.25, 0.3) is 0 Å². The predicted molar refractivity (Wildman–Crippen MR) is 68.5 cm³/mol. The van der Waals surface area contributed by atoms with Gasteiger partial charge in [-0.25, -0.2) is 4.98 Å². The van der Waals surface area contributed by atoms with E-state index < -0.39 is 0 Å². The maximum Gasteiger partial charge on any atom is 0.219 e. The molecule has 0 fully saturated rings. The first-order chi connectivity index (χ1) is 7.25. The first-order valence-corrected chi connectivity index (χ1v) is 5.75. The van der Waals surface area contributed by atoms with Crippen molar-refractivity contribution in [3.05, 3.63) is 51.2 Å². The number of nitrogens with zero attached hydrogens (tertiary/aromatic N) is 1. The Morgan fingerprint density at radius 3 is 2.80 bits per heavy atom. The summed E-state index contributed by atoms with van der Waals surface area (Å²) in [7, 11) is 0. The van der Waals surface area contributed by atoms with Gasteiger partial charge in [-0.3, -0.25) is 0 Å². The summed E-state index contributed by atoms with van der Waals surface area (Å²) in [5.41, 5.74) is 0. The smallest absolute Gasteiger partial charge is 0.219 e. The SMILES string of the molecule is Clc1ccc(I)c(Oc2ccccn2)c1. The van der Waals surface area contributed by atoms with Crippen LogP contribution >= 0.6 is 34.2 Å². The summed E-state index contributed by atoms with van der Waals surface area (Å²) in [5.74, 6) is 1.29. The Morgan fingerprint density at radius 2 is 2.07 bits per heavy atom. The van der Waals surface area contributed by atoms with Gasteiger partial charge in [0.25, 0.3) is 0 Å². The lowest BCUT2D eigenvalue weighted by Gasteiger charge is -2.06. The van der Waals surface area contributed by atoms with Crippen molar-refractivity contribution in [2.24, 2.45) is 0 Å². The molecule has 4 heteroatoms. The highest BCUT2D eigenvalue weighted by molar-refractivity contribution is 14.1. The lowest BCUT2D eigenvalue weighted by molar-refractivity contribution is 0.460. The standard InChI is InChI=1S/C11H7ClINO/c12-8-4-5-9(13)10(7-8)15-11-3-1-2-6-14-11/h1-7H. The van der Waals surface area contributed by atoms with Crippen LogP contribution in [0.3, 0.4) is 0 Å². The highest BCUT2D eigenvalue weighted by Crippen LogP contribution is 2.28. The van der Waals surface area contributed by atoms with Gasteiger partial charge in [0.2, 0.25) is 5.88 Å². The summed E-state index contributed by atoms with van der Waals surface area (Å²) in [6, 6.07) is 11.0. The zero-order chi connectivity index (χ0) is 10.7. The molecule has 0 unspecified atom stereocenters. The van der Waals surface area contributed by atoms with Crippen molar-refractivity contribution < 1.29 is 4.74 Å². The van der Waals surface area contributed by atoms with Gasteiger partial charge >= 0.3 is 0 Å². The molecule has 0 saturated carbocycles. The Balaban J connectivity index is 2.28. The van der Waals surface area contributed by atoms with E-state index in [-0.39, 0.29) is 0 Å². The van der Waals surface area contributed by atoms with Gasteiger partial charge in [-0.15, -0.1) is 0 Å². The van der Waals surface area contributed by atoms with Crippen LogP contribution in [0.4, 0.5) is 0 Å². The molecule has 0 spiro atoms. The second-order valence-electron chi connectivity index (χ2n) is 2.84. The number of halogens is 2. The molecule has 1 aromatic carbocycles. The first-order valence-electron chi connectivity index (χ1n) is 4.29. The van der Waals surface area contributed by atoms with Crippen molar-refractivity contribution in [3.63, 3.8) is 0 Å². The molecule has 0 amide bonds. The molecule has 1 aromatic heterocycles. The van der Waals surface area contributed by atoms with E-state index in [1.807, 2.05) is 24.3 Å². The normalized spacial score (nSPS) is 10.0. The van der Waals surface area contributed by atoms with Crippen LogP contribution in [0, 0.1) is 3.57 Å². The Kier molecular flexibility index (Phi) is 3.43. The van der Waals surface area contributed by atoms with Crippen molar-refractivity contribution in [1.82, 2.24) is 4.98 Å². The summed E-state index contributed by atoms with van der Waals surface area (Å²) in [6.45, 7) is 0. The van der Waals surface area contributed by atoms with Crippen molar-refractivity contribution in [1.29, 1.82) is 0 Å². The van der Waals surface area contributed by atoms with E-state index in [1.54, 1.807) is 18.3 Å². The molecule has 0 N–H and O–H groups in total. The average molecular weight is 332 g/mol. The summed E-state index contributed by atoms with van der Waals surface area (Å²) < 4.78 is 6.59. The third kappa shape index (κ3) is 2.82. The molecule has 0 radical (unpaired) electrons. The van der Waals surface area contributed by atoms with Gasteiger partial charge in [0.15, 0.2) is 0 Å². The van der Waals surface area contributed by atoms with Crippen molar-refractivity contribution >= 4 is 34.2 Å². The molecule has 0 atom stereocenters. The van der Waals surface area contributed by atoms with E-state index in [1.165, 1.54) is 0 Å². The number of rotatable bonds is 2. The fourth-order valence-corrected chi connectivity index (χ4v) is 1.68. The predicted octanol–water partition coefficient (Wildman–Crippen LogP) is 4.13. The largest absolute Gasteiger partial charge is 0.438 e. The lowest BCUT2D eigenvalue weighted by Crippen LogP contribution is -1.89. The number of ether oxygens (including phenoxy) is 1. The fourth-order valence-electron chi connectivity index (χ4n) is 1.08. The van der Waals surface area contributed by atoms with Crippen molar-refractivity contribution in [2.75, 3.05) is 0 Å². The zero-order valence-corrected chi connectivity index (χ0v) is 10.6. The van der Waals surface area contributed by atoms with Gasteiger partial charge in [0.05, 0.1) is 3.57 Å². The number of benzene rings is 1. The Hall–Kier alpha value is -0.810. The van der Waals surface area contributed by atoms with Crippen LogP contribution in [-0.4, -0.2) is 4.98 Å². The number of pyridine rings is 1. The molecule has 0 aliphatic rings. The minimum Gasteiger partial charge on any atom is -0.438 e. The second-order valence-corrected chi connectivity index (χ2v) is 4.44. The summed E-state index contributed by atoms with van der Waals surface area (Å²) >= 11 is 8.07. The van der Waals surface area contributed by atoms with Gasteiger partial charge in [-0.2, -0.15) is 0 Å². The third-order valence-electron chi connectivity index (χ3n) is 1.75. The summed E-state index contributed by atoms with van der Waals surface area (Å²) in [6.07, 6.45) is 1.69. The molecular formula is C11H7ClINO. The maximum absolute atomic E-state index is 5.88. The van der Waals surface area contributed by atoms with E-state index in [0.29, 0.717) is 10.9 Å². The van der Waals surface area contributed by atoms with E-state index in [4.69, 9.17) is 16.3 Å². The van der Waals surface area contributed by atoms with Crippen LogP contribution in [-0.2, 0) is 0 Å².